The third-order valence-electron chi connectivity index (χ3n) is 3.91. The van der Waals surface area contributed by atoms with Crippen molar-refractivity contribution in [1.29, 1.82) is 0 Å². The van der Waals surface area contributed by atoms with Crippen LogP contribution in [-0.2, 0) is 11.3 Å². The second-order valence-corrected chi connectivity index (χ2v) is 7.70. The van der Waals surface area contributed by atoms with E-state index in [2.05, 4.69) is 41.4 Å². The van der Waals surface area contributed by atoms with Crippen LogP contribution in [0.1, 0.15) is 26.5 Å². The fourth-order valence-electron chi connectivity index (χ4n) is 2.57. The largest absolute Gasteiger partial charge is 0.444 e. The first kappa shape index (κ1) is 21.8. The molecule has 11 nitrogen and oxygen atoms in total. The number of nitrogens with zero attached hydrogens (tertiary/aromatic N) is 3. The first-order chi connectivity index (χ1) is 14.8. The minimum atomic E-state index is -0.535. The lowest BCUT2D eigenvalue weighted by molar-refractivity contribution is 0.0530. The Balaban J connectivity index is 1.51. The number of nitrogens with one attached hydrogen (secondary N) is 5. The smallest absolute Gasteiger partial charge is 0.407 e. The number of hydrogen-bond donors (Lipinski definition) is 5. The molecular weight excluding hydrogens is 400 g/mol. The van der Waals surface area contributed by atoms with E-state index >= 15 is 0 Å². The summed E-state index contributed by atoms with van der Waals surface area (Å²) in [7, 11) is 0. The van der Waals surface area contributed by atoms with E-state index in [1.807, 2.05) is 32.9 Å². The minimum Gasteiger partial charge on any atom is -0.444 e. The van der Waals surface area contributed by atoms with E-state index in [9.17, 15) is 9.59 Å². The molecule has 0 spiro atoms. The second kappa shape index (κ2) is 9.74. The summed E-state index contributed by atoms with van der Waals surface area (Å²) >= 11 is 0. The van der Waals surface area contributed by atoms with E-state index < -0.39 is 11.7 Å². The Bertz CT molecular complexity index is 1030. The third-order valence-corrected chi connectivity index (χ3v) is 3.91. The number of fused-ring (bicyclic) bond motifs is 1. The Morgan fingerprint density at radius 1 is 1.10 bits per heavy atom. The van der Waals surface area contributed by atoms with Crippen LogP contribution in [-0.4, -0.2) is 51.0 Å². The van der Waals surface area contributed by atoms with Crippen molar-refractivity contribution in [3.8, 4) is 0 Å². The van der Waals surface area contributed by atoms with E-state index in [0.717, 1.165) is 11.1 Å². The van der Waals surface area contributed by atoms with Gasteiger partial charge in [-0.1, -0.05) is 0 Å². The highest BCUT2D eigenvalue weighted by Crippen LogP contribution is 2.17. The number of ether oxygens (including phenoxy) is 1. The molecule has 0 aromatic carbocycles. The predicted octanol–water partition coefficient (Wildman–Crippen LogP) is 2.61. The van der Waals surface area contributed by atoms with Gasteiger partial charge in [0, 0.05) is 36.9 Å². The number of rotatable bonds is 7. The van der Waals surface area contributed by atoms with Gasteiger partial charge in [0.25, 0.3) is 0 Å². The zero-order valence-corrected chi connectivity index (χ0v) is 17.7. The standard InChI is InChI=1S/C20H26N8O3/c1-20(2,3)31-19(30)22-9-8-21-16-5-4-13-11-23-17(10-15(13)26-16)27-18(29)24-12-14-6-7-25-28-14/h4-7,10-11H,8-9,12H2,1-3H3,(H,21,26)(H,22,30)(H,25,28)(H2,23,24,27,29). The van der Waals surface area contributed by atoms with Gasteiger partial charge < -0.3 is 20.7 Å². The van der Waals surface area contributed by atoms with Crippen molar-refractivity contribution in [2.24, 2.45) is 0 Å². The maximum absolute atomic E-state index is 12.1. The van der Waals surface area contributed by atoms with Crippen LogP contribution in [0.4, 0.5) is 21.2 Å². The third kappa shape index (κ3) is 7.14. The molecule has 3 aromatic rings. The summed E-state index contributed by atoms with van der Waals surface area (Å²) in [6.07, 6.45) is 2.79. The summed E-state index contributed by atoms with van der Waals surface area (Å²) in [5.41, 5.74) is 0.928. The Morgan fingerprint density at radius 3 is 2.68 bits per heavy atom. The topological polar surface area (TPSA) is 146 Å². The molecule has 11 heteroatoms. The molecule has 3 heterocycles. The summed E-state index contributed by atoms with van der Waals surface area (Å²) in [4.78, 5) is 32.5. The molecule has 3 rings (SSSR count). The zero-order valence-electron chi connectivity index (χ0n) is 17.7. The Hall–Kier alpha value is -3.89. The number of aromatic nitrogens is 4. The SMILES string of the molecule is CC(C)(C)OC(=O)NCCNc1ccc2cnc(NC(=O)NCc3ccn[nH]3)cc2n1. The monoisotopic (exact) mass is 426 g/mol. The highest BCUT2D eigenvalue weighted by molar-refractivity contribution is 5.91. The number of pyridine rings is 2. The van der Waals surface area contributed by atoms with Gasteiger partial charge in [-0.3, -0.25) is 10.4 Å². The maximum Gasteiger partial charge on any atom is 0.407 e. The van der Waals surface area contributed by atoms with Crippen LogP contribution in [0.5, 0.6) is 0 Å². The quantitative estimate of drug-likeness (QED) is 0.365. The van der Waals surface area contributed by atoms with Crippen molar-refractivity contribution in [3.05, 3.63) is 42.4 Å². The molecule has 31 heavy (non-hydrogen) atoms. The van der Waals surface area contributed by atoms with Gasteiger partial charge in [0.2, 0.25) is 0 Å². The molecule has 0 radical (unpaired) electrons. The van der Waals surface area contributed by atoms with Gasteiger partial charge in [-0.2, -0.15) is 5.10 Å². The molecule has 5 N–H and O–H groups in total. The number of carbonyl (C=O) groups is 2. The fourth-order valence-corrected chi connectivity index (χ4v) is 2.57. The molecule has 0 atom stereocenters. The molecule has 0 fully saturated rings. The molecule has 0 aliphatic rings. The Morgan fingerprint density at radius 2 is 1.94 bits per heavy atom. The van der Waals surface area contributed by atoms with Crippen molar-refractivity contribution in [2.45, 2.75) is 32.9 Å². The first-order valence-corrected chi connectivity index (χ1v) is 9.79. The van der Waals surface area contributed by atoms with E-state index in [1.165, 1.54) is 0 Å². The van der Waals surface area contributed by atoms with E-state index in [-0.39, 0.29) is 6.03 Å². The molecule has 0 saturated heterocycles. The Kier molecular flexibility index (Phi) is 6.85. The van der Waals surface area contributed by atoms with Crippen molar-refractivity contribution >= 4 is 34.7 Å². The number of amides is 3. The molecule has 0 aliphatic heterocycles. The van der Waals surface area contributed by atoms with Crippen molar-refractivity contribution < 1.29 is 14.3 Å². The summed E-state index contributed by atoms with van der Waals surface area (Å²) in [5, 5.41) is 18.6. The number of aromatic amines is 1. The molecule has 0 saturated carbocycles. The van der Waals surface area contributed by atoms with Gasteiger partial charge in [0.05, 0.1) is 17.8 Å². The van der Waals surface area contributed by atoms with Gasteiger partial charge in [-0.05, 0) is 39.0 Å². The van der Waals surface area contributed by atoms with Crippen LogP contribution in [0.15, 0.2) is 36.7 Å². The predicted molar refractivity (Wildman–Crippen MR) is 117 cm³/mol. The van der Waals surface area contributed by atoms with Gasteiger partial charge in [-0.25, -0.2) is 19.6 Å². The van der Waals surface area contributed by atoms with Gasteiger partial charge in [-0.15, -0.1) is 0 Å². The van der Waals surface area contributed by atoms with Crippen molar-refractivity contribution in [1.82, 2.24) is 30.8 Å². The lowest BCUT2D eigenvalue weighted by Gasteiger charge is -2.19. The molecule has 0 unspecified atom stereocenters. The second-order valence-electron chi connectivity index (χ2n) is 7.70. The van der Waals surface area contributed by atoms with Crippen LogP contribution in [0, 0.1) is 0 Å². The highest BCUT2D eigenvalue weighted by Gasteiger charge is 2.15. The Labute approximate surface area is 179 Å². The van der Waals surface area contributed by atoms with E-state index in [4.69, 9.17) is 4.74 Å². The summed E-state index contributed by atoms with van der Waals surface area (Å²) < 4.78 is 5.19. The van der Waals surface area contributed by atoms with Crippen LogP contribution in [0.3, 0.4) is 0 Å². The van der Waals surface area contributed by atoms with E-state index in [1.54, 1.807) is 24.5 Å². The molecule has 164 valence electrons. The van der Waals surface area contributed by atoms with Gasteiger partial charge in [0.15, 0.2) is 0 Å². The summed E-state index contributed by atoms with van der Waals surface area (Å²) in [5.74, 6) is 1.02. The van der Waals surface area contributed by atoms with E-state index in [0.29, 0.717) is 36.8 Å². The minimum absolute atomic E-state index is 0.322. The average Bonchev–Trinajstić information content (AvgIpc) is 3.22. The van der Waals surface area contributed by atoms with Crippen molar-refractivity contribution in [2.75, 3.05) is 23.7 Å². The number of alkyl carbamates (subject to hydrolysis) is 1. The molecule has 0 aliphatic carbocycles. The molecular formula is C20H26N8O3. The van der Waals surface area contributed by atoms with Crippen LogP contribution in [0.25, 0.3) is 10.9 Å². The number of hydrogen-bond acceptors (Lipinski definition) is 7. The number of H-pyrrole nitrogens is 1. The first-order valence-electron chi connectivity index (χ1n) is 9.79. The van der Waals surface area contributed by atoms with Gasteiger partial charge >= 0.3 is 12.1 Å². The maximum atomic E-state index is 12.1. The zero-order chi connectivity index (χ0) is 22.3. The average molecular weight is 426 g/mol. The van der Waals surface area contributed by atoms with Crippen LogP contribution >= 0.6 is 0 Å². The lowest BCUT2D eigenvalue weighted by atomic mass is 10.2. The van der Waals surface area contributed by atoms with Gasteiger partial charge in [0.1, 0.15) is 17.2 Å². The summed E-state index contributed by atoms with van der Waals surface area (Å²) in [6.45, 7) is 6.61. The fraction of sp³-hybridized carbons (Fsp3) is 0.350. The number of urea groups is 1. The molecule has 3 amide bonds. The number of carbonyl (C=O) groups excluding carboxylic acids is 2. The van der Waals surface area contributed by atoms with Crippen molar-refractivity contribution in [3.63, 3.8) is 0 Å². The molecule has 3 aromatic heterocycles. The summed E-state index contributed by atoms with van der Waals surface area (Å²) in [6, 6.07) is 6.78. The highest BCUT2D eigenvalue weighted by atomic mass is 16.6. The van der Waals surface area contributed by atoms with Crippen LogP contribution in [0.2, 0.25) is 0 Å². The molecule has 0 bridgehead atoms. The van der Waals surface area contributed by atoms with Crippen LogP contribution < -0.4 is 21.3 Å². The lowest BCUT2D eigenvalue weighted by Crippen LogP contribution is -2.35. The number of anilines is 2. The normalized spacial score (nSPS) is 11.1.